The third-order valence-corrected chi connectivity index (χ3v) is 4.41. The Morgan fingerprint density at radius 1 is 0.762 bits per heavy atom. The Bertz CT molecular complexity index is 200. The second-order valence-electron chi connectivity index (χ2n) is 6.31. The monoisotopic (exact) mass is 300 g/mol. The molecule has 0 saturated heterocycles. The second kappa shape index (κ2) is 16.3. The number of hydrogen-bond acceptors (Lipinski definition) is 3. The Morgan fingerprint density at radius 3 is 1.71 bits per heavy atom. The van der Waals surface area contributed by atoms with Crippen molar-refractivity contribution in [2.24, 2.45) is 5.84 Å². The molecule has 0 aliphatic rings. The van der Waals surface area contributed by atoms with E-state index in [2.05, 4.69) is 19.3 Å². The Hall–Kier alpha value is -0.120. The highest BCUT2D eigenvalue weighted by atomic mass is 16.5. The van der Waals surface area contributed by atoms with E-state index in [4.69, 9.17) is 10.6 Å². The van der Waals surface area contributed by atoms with Gasteiger partial charge in [0.25, 0.3) is 0 Å². The Kier molecular flexibility index (Phi) is 16.2. The summed E-state index contributed by atoms with van der Waals surface area (Å²) in [6.07, 6.45) is 17.4. The van der Waals surface area contributed by atoms with E-state index in [1.165, 1.54) is 64.2 Å². The van der Waals surface area contributed by atoms with Crippen LogP contribution in [0.15, 0.2) is 0 Å². The Morgan fingerprint density at radius 2 is 1.29 bits per heavy atom. The van der Waals surface area contributed by atoms with Gasteiger partial charge in [0, 0.05) is 13.2 Å². The molecular formula is C18H40N2O. The van der Waals surface area contributed by atoms with Crippen molar-refractivity contribution < 1.29 is 4.74 Å². The highest BCUT2D eigenvalue weighted by Crippen LogP contribution is 2.15. The van der Waals surface area contributed by atoms with Gasteiger partial charge in [0.05, 0.1) is 6.10 Å². The van der Waals surface area contributed by atoms with Crippen LogP contribution < -0.4 is 11.3 Å². The average molecular weight is 301 g/mol. The first-order valence-corrected chi connectivity index (χ1v) is 9.29. The number of nitrogens with two attached hydrogens (primary N) is 1. The van der Waals surface area contributed by atoms with Gasteiger partial charge in [-0.25, -0.2) is 0 Å². The van der Waals surface area contributed by atoms with Gasteiger partial charge < -0.3 is 4.74 Å². The molecule has 3 N–H and O–H groups in total. The lowest BCUT2D eigenvalue weighted by atomic mass is 9.99. The zero-order valence-corrected chi connectivity index (χ0v) is 14.8. The molecule has 0 rings (SSSR count). The van der Waals surface area contributed by atoms with Gasteiger partial charge in [0.15, 0.2) is 0 Å². The first-order chi connectivity index (χ1) is 10.3. The fourth-order valence-electron chi connectivity index (χ4n) is 3.00. The predicted octanol–water partition coefficient (Wildman–Crippen LogP) is 4.94. The minimum absolute atomic E-state index is 0.263. The molecule has 0 aromatic rings. The second-order valence-corrected chi connectivity index (χ2v) is 6.31. The third kappa shape index (κ3) is 12.1. The highest BCUT2D eigenvalue weighted by Gasteiger charge is 2.18. The van der Waals surface area contributed by atoms with Gasteiger partial charge in [-0.3, -0.25) is 11.3 Å². The van der Waals surface area contributed by atoms with Crippen LogP contribution in [-0.4, -0.2) is 19.3 Å². The molecule has 0 aliphatic carbocycles. The number of ether oxygens (including phenoxy) is 1. The zero-order chi connectivity index (χ0) is 15.8. The summed E-state index contributed by atoms with van der Waals surface area (Å²) >= 11 is 0. The molecule has 0 radical (unpaired) electrons. The Labute approximate surface area is 133 Å². The minimum Gasteiger partial charge on any atom is -0.380 e. The van der Waals surface area contributed by atoms with Crippen LogP contribution in [0.25, 0.3) is 0 Å². The van der Waals surface area contributed by atoms with Crippen molar-refractivity contribution >= 4 is 0 Å². The molecule has 3 heteroatoms. The molecule has 0 heterocycles. The van der Waals surface area contributed by atoms with Crippen LogP contribution in [0.3, 0.4) is 0 Å². The molecule has 0 aromatic carbocycles. The van der Waals surface area contributed by atoms with Crippen molar-refractivity contribution in [1.29, 1.82) is 0 Å². The molecule has 0 spiro atoms. The molecule has 0 aromatic heterocycles. The summed E-state index contributed by atoms with van der Waals surface area (Å²) in [5, 5.41) is 0. The lowest BCUT2D eigenvalue weighted by Gasteiger charge is -2.25. The molecule has 21 heavy (non-hydrogen) atoms. The molecule has 2 atom stereocenters. The predicted molar refractivity (Wildman–Crippen MR) is 93.3 cm³/mol. The molecule has 0 bridgehead atoms. The van der Waals surface area contributed by atoms with Crippen LogP contribution in [0, 0.1) is 0 Å². The lowest BCUT2D eigenvalue weighted by Crippen LogP contribution is -2.44. The number of hydrogen-bond donors (Lipinski definition) is 2. The quantitative estimate of drug-likeness (QED) is 0.241. The third-order valence-electron chi connectivity index (χ3n) is 4.41. The summed E-state index contributed by atoms with van der Waals surface area (Å²) in [5.41, 5.74) is 2.94. The van der Waals surface area contributed by atoms with Gasteiger partial charge >= 0.3 is 0 Å². The number of rotatable bonds is 16. The van der Waals surface area contributed by atoms with E-state index in [1.54, 1.807) is 7.11 Å². The topological polar surface area (TPSA) is 47.3 Å². The fourth-order valence-corrected chi connectivity index (χ4v) is 3.00. The molecule has 0 aliphatic heterocycles. The SMILES string of the molecule is CCCCCCCCCCCCC(NN)C(CCC)OC. The van der Waals surface area contributed by atoms with Gasteiger partial charge in [0.1, 0.15) is 0 Å². The molecule has 0 saturated carbocycles. The van der Waals surface area contributed by atoms with Crippen molar-refractivity contribution in [3.63, 3.8) is 0 Å². The van der Waals surface area contributed by atoms with Crippen LogP contribution in [0.2, 0.25) is 0 Å². The zero-order valence-electron chi connectivity index (χ0n) is 14.8. The normalized spacial score (nSPS) is 14.3. The van der Waals surface area contributed by atoms with Gasteiger partial charge in [-0.05, 0) is 12.8 Å². The van der Waals surface area contributed by atoms with Crippen LogP contribution in [-0.2, 0) is 4.74 Å². The molecule has 2 unspecified atom stereocenters. The highest BCUT2D eigenvalue weighted by molar-refractivity contribution is 4.74. The maximum atomic E-state index is 5.67. The Balaban J connectivity index is 3.46. The minimum atomic E-state index is 0.263. The maximum Gasteiger partial charge on any atom is 0.0737 e. The van der Waals surface area contributed by atoms with Crippen molar-refractivity contribution in [2.45, 2.75) is 109 Å². The number of hydrazine groups is 1. The molecule has 0 amide bonds. The maximum absolute atomic E-state index is 5.67. The van der Waals surface area contributed by atoms with Gasteiger partial charge in [-0.15, -0.1) is 0 Å². The molecular weight excluding hydrogens is 260 g/mol. The largest absolute Gasteiger partial charge is 0.380 e. The summed E-state index contributed by atoms with van der Waals surface area (Å²) in [4.78, 5) is 0. The van der Waals surface area contributed by atoms with Gasteiger partial charge in [0.2, 0.25) is 0 Å². The summed E-state index contributed by atoms with van der Waals surface area (Å²) in [7, 11) is 1.79. The number of nitrogens with one attached hydrogen (secondary N) is 1. The standard InChI is InChI=1S/C18H40N2O/c1-4-6-7-8-9-10-11-12-13-14-16-17(20-19)18(21-3)15-5-2/h17-18,20H,4-16,19H2,1-3H3. The van der Waals surface area contributed by atoms with E-state index >= 15 is 0 Å². The van der Waals surface area contributed by atoms with E-state index < -0.39 is 0 Å². The van der Waals surface area contributed by atoms with Crippen molar-refractivity contribution in [2.75, 3.05) is 7.11 Å². The van der Waals surface area contributed by atoms with E-state index in [1.807, 2.05) is 0 Å². The summed E-state index contributed by atoms with van der Waals surface area (Å²) < 4.78 is 5.54. The summed E-state index contributed by atoms with van der Waals surface area (Å²) in [6, 6.07) is 0.309. The van der Waals surface area contributed by atoms with Gasteiger partial charge in [-0.1, -0.05) is 84.5 Å². The van der Waals surface area contributed by atoms with Crippen LogP contribution >= 0.6 is 0 Å². The van der Waals surface area contributed by atoms with E-state index in [9.17, 15) is 0 Å². The van der Waals surface area contributed by atoms with Crippen molar-refractivity contribution in [3.05, 3.63) is 0 Å². The summed E-state index contributed by atoms with van der Waals surface area (Å²) in [6.45, 7) is 4.47. The molecule has 0 fully saturated rings. The lowest BCUT2D eigenvalue weighted by molar-refractivity contribution is 0.0572. The van der Waals surface area contributed by atoms with Crippen molar-refractivity contribution in [1.82, 2.24) is 5.43 Å². The van der Waals surface area contributed by atoms with E-state index in [-0.39, 0.29) is 6.10 Å². The fraction of sp³-hybridized carbons (Fsp3) is 1.00. The van der Waals surface area contributed by atoms with Crippen molar-refractivity contribution in [3.8, 4) is 0 Å². The molecule has 3 nitrogen and oxygen atoms in total. The van der Waals surface area contributed by atoms with E-state index in [0.29, 0.717) is 6.04 Å². The first kappa shape index (κ1) is 20.9. The smallest absolute Gasteiger partial charge is 0.0737 e. The summed E-state index contributed by atoms with van der Waals surface area (Å²) in [5.74, 6) is 5.67. The van der Waals surface area contributed by atoms with Crippen LogP contribution in [0.5, 0.6) is 0 Å². The van der Waals surface area contributed by atoms with E-state index in [0.717, 1.165) is 19.3 Å². The van der Waals surface area contributed by atoms with Gasteiger partial charge in [-0.2, -0.15) is 0 Å². The number of unbranched alkanes of at least 4 members (excludes halogenated alkanes) is 9. The molecule has 128 valence electrons. The van der Waals surface area contributed by atoms with Crippen LogP contribution in [0.4, 0.5) is 0 Å². The number of methoxy groups -OCH3 is 1. The average Bonchev–Trinajstić information content (AvgIpc) is 2.51. The van der Waals surface area contributed by atoms with Crippen LogP contribution in [0.1, 0.15) is 97.3 Å². The first-order valence-electron chi connectivity index (χ1n) is 9.29.